The van der Waals surface area contributed by atoms with Crippen molar-refractivity contribution in [2.75, 3.05) is 27.4 Å². The Morgan fingerprint density at radius 2 is 1.74 bits per heavy atom. The van der Waals surface area contributed by atoms with Crippen molar-refractivity contribution in [3.05, 3.63) is 82.9 Å². The van der Waals surface area contributed by atoms with Gasteiger partial charge in [-0.2, -0.15) is 0 Å². The number of nitrogens with zero attached hydrogens (tertiary/aromatic N) is 2. The number of hydrogen-bond donors (Lipinski definition) is 1. The number of allylic oxidation sites excluding steroid dienone is 1. The summed E-state index contributed by atoms with van der Waals surface area (Å²) in [6.45, 7) is -0.0122. The van der Waals surface area contributed by atoms with Crippen molar-refractivity contribution in [3.63, 3.8) is 0 Å². The highest BCUT2D eigenvalue weighted by Crippen LogP contribution is 2.36. The number of carbonyl (C=O) groups excluding carboxylic acids is 2. The molecule has 1 aromatic carbocycles. The number of rotatable bonds is 11. The zero-order chi connectivity index (χ0) is 24.8. The lowest BCUT2D eigenvalue weighted by Crippen LogP contribution is -2.09. The van der Waals surface area contributed by atoms with Crippen LogP contribution in [0.2, 0.25) is 0 Å². The van der Waals surface area contributed by atoms with Crippen LogP contribution < -0.4 is 14.2 Å². The van der Waals surface area contributed by atoms with Crippen LogP contribution in [0.5, 0.6) is 17.2 Å². The number of aliphatic hydroxyl groups is 1. The van der Waals surface area contributed by atoms with Crippen LogP contribution in [0.3, 0.4) is 0 Å². The van der Waals surface area contributed by atoms with Crippen molar-refractivity contribution in [1.82, 2.24) is 9.97 Å². The number of fused-ring (bicyclic) bond motifs is 1. The van der Waals surface area contributed by atoms with Gasteiger partial charge >= 0.3 is 0 Å². The topological polar surface area (TPSA) is 108 Å². The lowest BCUT2D eigenvalue weighted by atomic mass is 10.0. The molecule has 1 N–H and O–H groups in total. The van der Waals surface area contributed by atoms with Crippen LogP contribution in [0.25, 0.3) is 5.57 Å². The average molecular weight is 475 g/mol. The maximum atomic E-state index is 12.9. The first kappa shape index (κ1) is 24.1. The zero-order valence-corrected chi connectivity index (χ0v) is 19.6. The second-order valence-corrected chi connectivity index (χ2v) is 7.89. The van der Waals surface area contributed by atoms with E-state index in [1.807, 2.05) is 6.07 Å². The Bertz CT molecular complexity index is 1280. The van der Waals surface area contributed by atoms with E-state index < -0.39 is 0 Å². The summed E-state index contributed by atoms with van der Waals surface area (Å²) in [6, 6.07) is 10.1. The van der Waals surface area contributed by atoms with Crippen molar-refractivity contribution in [2.45, 2.75) is 19.3 Å². The predicted octanol–water partition coefficient (Wildman–Crippen LogP) is 3.70. The molecule has 0 unspecified atom stereocenters. The molecule has 0 spiro atoms. The monoisotopic (exact) mass is 474 g/mol. The molecule has 2 heterocycles. The summed E-state index contributed by atoms with van der Waals surface area (Å²) < 4.78 is 16.2. The Morgan fingerprint density at radius 3 is 2.51 bits per heavy atom. The van der Waals surface area contributed by atoms with Gasteiger partial charge in [0, 0.05) is 41.9 Å². The van der Waals surface area contributed by atoms with E-state index in [0.29, 0.717) is 28.5 Å². The van der Waals surface area contributed by atoms with Gasteiger partial charge in [-0.1, -0.05) is 6.08 Å². The second-order valence-electron chi connectivity index (χ2n) is 7.89. The van der Waals surface area contributed by atoms with Gasteiger partial charge in [-0.15, -0.1) is 0 Å². The number of ketones is 2. The lowest BCUT2D eigenvalue weighted by Gasteiger charge is -2.12. The summed E-state index contributed by atoms with van der Waals surface area (Å²) in [5.41, 5.74) is 4.26. The van der Waals surface area contributed by atoms with E-state index >= 15 is 0 Å². The molecule has 4 rings (SSSR count). The minimum atomic E-state index is -0.234. The molecule has 0 atom stereocenters. The molecule has 8 heteroatoms. The van der Waals surface area contributed by atoms with Gasteiger partial charge in [0.2, 0.25) is 0 Å². The number of ether oxygens (including phenoxy) is 3. The largest absolute Gasteiger partial charge is 0.494 e. The molecule has 0 amide bonds. The molecule has 1 aliphatic rings. The minimum absolute atomic E-state index is 0.0138. The van der Waals surface area contributed by atoms with E-state index in [4.69, 9.17) is 19.3 Å². The van der Waals surface area contributed by atoms with E-state index in [9.17, 15) is 9.59 Å². The Labute approximate surface area is 203 Å². The van der Waals surface area contributed by atoms with E-state index in [1.165, 1.54) is 7.11 Å². The fourth-order valence-corrected chi connectivity index (χ4v) is 3.96. The van der Waals surface area contributed by atoms with Crippen molar-refractivity contribution in [3.8, 4) is 17.2 Å². The van der Waals surface area contributed by atoms with E-state index in [2.05, 4.69) is 16.0 Å². The van der Waals surface area contributed by atoms with Gasteiger partial charge in [0.15, 0.2) is 23.1 Å². The summed E-state index contributed by atoms with van der Waals surface area (Å²) in [6.07, 6.45) is 6.39. The van der Waals surface area contributed by atoms with Crippen LogP contribution >= 0.6 is 0 Å². The number of methoxy groups -OCH3 is 2. The zero-order valence-electron chi connectivity index (χ0n) is 19.6. The first-order valence-corrected chi connectivity index (χ1v) is 11.2. The third-order valence-corrected chi connectivity index (χ3v) is 5.76. The highest BCUT2D eigenvalue weighted by atomic mass is 16.5. The summed E-state index contributed by atoms with van der Waals surface area (Å²) in [5, 5.41) is 8.93. The molecule has 0 saturated heterocycles. The molecule has 0 fully saturated rings. The number of Topliss-reactive ketones (excluding diaryl/α,β-unsaturated/α-hetero) is 2. The normalized spacial score (nSPS) is 12.0. The number of hydrogen-bond acceptors (Lipinski definition) is 8. The number of carbonyl (C=O) groups is 2. The Kier molecular flexibility index (Phi) is 7.52. The SMILES string of the molecule is COc1cc(C(=O)CCC(=O)c2ccc(OC)c(C3=CCc4ccncc43)n2)ccc1OCCO. The third-order valence-electron chi connectivity index (χ3n) is 5.76. The summed E-state index contributed by atoms with van der Waals surface area (Å²) in [7, 11) is 3.04. The van der Waals surface area contributed by atoms with Crippen molar-refractivity contribution in [1.29, 1.82) is 0 Å². The molecule has 8 nitrogen and oxygen atoms in total. The first-order chi connectivity index (χ1) is 17.0. The van der Waals surface area contributed by atoms with Gasteiger partial charge in [-0.3, -0.25) is 14.6 Å². The molecule has 2 aromatic heterocycles. The molecule has 0 radical (unpaired) electrons. The molecular formula is C27H26N2O6. The molecule has 180 valence electrons. The van der Waals surface area contributed by atoms with E-state index in [-0.39, 0.29) is 43.3 Å². The fraction of sp³-hybridized carbons (Fsp3) is 0.259. The summed E-state index contributed by atoms with van der Waals surface area (Å²) >= 11 is 0. The van der Waals surface area contributed by atoms with Gasteiger partial charge in [0.25, 0.3) is 0 Å². The van der Waals surface area contributed by atoms with Crippen LogP contribution in [0.15, 0.2) is 54.9 Å². The average Bonchev–Trinajstić information content (AvgIpc) is 3.33. The molecule has 1 aliphatic carbocycles. The molecule has 3 aromatic rings. The van der Waals surface area contributed by atoms with Crippen LogP contribution in [0, 0.1) is 0 Å². The Hall–Kier alpha value is -4.04. The summed E-state index contributed by atoms with van der Waals surface area (Å²) in [4.78, 5) is 34.5. The standard InChI is InChI=1S/C27H26N2O6/c1-33-25-10-6-21(29-27(25)19-5-3-17-11-12-28-16-20(17)19)23(32)8-7-22(31)18-4-9-24(35-14-13-30)26(15-18)34-2/h4-6,9-12,15-16,30H,3,7-8,13-14H2,1-2H3. The van der Waals surface area contributed by atoms with Gasteiger partial charge in [0.1, 0.15) is 23.7 Å². The van der Waals surface area contributed by atoms with Gasteiger partial charge in [0.05, 0.1) is 20.8 Å². The molecule has 0 saturated carbocycles. The number of aliphatic hydroxyl groups excluding tert-OH is 1. The molecule has 0 aliphatic heterocycles. The van der Waals surface area contributed by atoms with Crippen molar-refractivity contribution in [2.24, 2.45) is 0 Å². The highest BCUT2D eigenvalue weighted by Gasteiger charge is 2.22. The quantitative estimate of drug-likeness (QED) is 0.419. The Morgan fingerprint density at radius 1 is 0.971 bits per heavy atom. The number of aromatic nitrogens is 2. The van der Waals surface area contributed by atoms with Crippen molar-refractivity contribution >= 4 is 17.1 Å². The van der Waals surface area contributed by atoms with Crippen LogP contribution in [0.1, 0.15) is 50.5 Å². The third kappa shape index (κ3) is 5.22. The second kappa shape index (κ2) is 10.9. The smallest absolute Gasteiger partial charge is 0.181 e. The van der Waals surface area contributed by atoms with Crippen LogP contribution in [0.4, 0.5) is 0 Å². The maximum absolute atomic E-state index is 12.9. The molecular weight excluding hydrogens is 448 g/mol. The molecule has 0 bridgehead atoms. The highest BCUT2D eigenvalue weighted by molar-refractivity contribution is 6.02. The first-order valence-electron chi connectivity index (χ1n) is 11.2. The summed E-state index contributed by atoms with van der Waals surface area (Å²) in [5.74, 6) is 0.953. The van der Waals surface area contributed by atoms with Crippen LogP contribution in [-0.4, -0.2) is 54.1 Å². The Balaban J connectivity index is 1.48. The van der Waals surface area contributed by atoms with Crippen molar-refractivity contribution < 1.29 is 28.9 Å². The number of pyridine rings is 2. The predicted molar refractivity (Wildman–Crippen MR) is 129 cm³/mol. The van der Waals surface area contributed by atoms with Gasteiger partial charge < -0.3 is 19.3 Å². The van der Waals surface area contributed by atoms with Crippen LogP contribution in [-0.2, 0) is 6.42 Å². The van der Waals surface area contributed by atoms with E-state index in [1.54, 1.807) is 49.8 Å². The lowest BCUT2D eigenvalue weighted by molar-refractivity contribution is 0.0914. The van der Waals surface area contributed by atoms with Gasteiger partial charge in [-0.25, -0.2) is 4.98 Å². The van der Waals surface area contributed by atoms with E-state index in [0.717, 1.165) is 23.1 Å². The van der Waals surface area contributed by atoms with Gasteiger partial charge in [-0.05, 0) is 48.4 Å². The fourth-order valence-electron chi connectivity index (χ4n) is 3.96. The maximum Gasteiger partial charge on any atom is 0.181 e. The molecule has 35 heavy (non-hydrogen) atoms. The number of benzene rings is 1. The minimum Gasteiger partial charge on any atom is -0.494 e.